The molecule has 228 valence electrons. The average molecular weight is 617 g/mol. The topological polar surface area (TPSA) is 51.5 Å². The normalized spacial score (nSPS) is 13.3. The maximum absolute atomic E-state index is 8.17. The first kappa shape index (κ1) is 28.9. The third kappa shape index (κ3) is 5.91. The smallest absolute Gasteiger partial charge is 0.108 e. The molecule has 4 nitrogen and oxygen atoms in total. The molecule has 48 heavy (non-hydrogen) atoms. The van der Waals surface area contributed by atoms with Gasteiger partial charge in [0, 0.05) is 17.1 Å². The summed E-state index contributed by atoms with van der Waals surface area (Å²) in [6.45, 7) is 0. The van der Waals surface area contributed by atoms with Gasteiger partial charge >= 0.3 is 0 Å². The van der Waals surface area contributed by atoms with Crippen molar-refractivity contribution in [2.24, 2.45) is 5.10 Å². The van der Waals surface area contributed by atoms with Crippen LogP contribution in [0.2, 0.25) is 0 Å². The number of hydrazone groups is 1. The summed E-state index contributed by atoms with van der Waals surface area (Å²) in [7, 11) is 0. The van der Waals surface area contributed by atoms with E-state index in [2.05, 4.69) is 161 Å². The molecule has 0 aromatic heterocycles. The fourth-order valence-corrected chi connectivity index (χ4v) is 6.20. The molecule has 1 aliphatic carbocycles. The zero-order valence-corrected chi connectivity index (χ0v) is 26.2. The van der Waals surface area contributed by atoms with Gasteiger partial charge in [-0.05, 0) is 111 Å². The van der Waals surface area contributed by atoms with Crippen molar-refractivity contribution >= 4 is 55.7 Å². The van der Waals surface area contributed by atoms with E-state index < -0.39 is 0 Å². The van der Waals surface area contributed by atoms with Crippen LogP contribution in [0.15, 0.2) is 187 Å². The van der Waals surface area contributed by atoms with Crippen molar-refractivity contribution in [1.82, 2.24) is 0 Å². The monoisotopic (exact) mass is 616 g/mol. The fourth-order valence-electron chi connectivity index (χ4n) is 6.20. The van der Waals surface area contributed by atoms with Crippen LogP contribution in [0.1, 0.15) is 0 Å². The van der Waals surface area contributed by atoms with Crippen LogP contribution in [0.25, 0.3) is 43.8 Å². The SMILES string of the molecule is N=C1C=CC=C/C1=N/Nc1cccc(N(c2ccc(-c3ccc4ccccc4c3)cc2)c2ccc(-c3ccc4ccccc4c3)cc2)c1. The van der Waals surface area contributed by atoms with Gasteiger partial charge in [0.2, 0.25) is 0 Å². The van der Waals surface area contributed by atoms with Crippen LogP contribution in [0.4, 0.5) is 22.7 Å². The van der Waals surface area contributed by atoms with E-state index in [4.69, 9.17) is 5.41 Å². The molecule has 1 aliphatic rings. The van der Waals surface area contributed by atoms with Crippen LogP contribution in [0.5, 0.6) is 0 Å². The number of hydrogen-bond acceptors (Lipinski definition) is 4. The highest BCUT2D eigenvalue weighted by Gasteiger charge is 2.14. The lowest BCUT2D eigenvalue weighted by atomic mass is 10.00. The van der Waals surface area contributed by atoms with E-state index in [0.29, 0.717) is 11.4 Å². The molecular formula is C44H32N4. The lowest BCUT2D eigenvalue weighted by Gasteiger charge is -2.26. The quantitative estimate of drug-likeness (QED) is 0.138. The molecule has 0 bridgehead atoms. The summed E-state index contributed by atoms with van der Waals surface area (Å²) in [5.41, 5.74) is 12.8. The molecule has 0 atom stereocenters. The zero-order chi connectivity index (χ0) is 32.3. The van der Waals surface area contributed by atoms with Gasteiger partial charge < -0.3 is 4.90 Å². The van der Waals surface area contributed by atoms with E-state index in [1.54, 1.807) is 6.08 Å². The lowest BCUT2D eigenvalue weighted by molar-refractivity contribution is 1.27. The number of anilines is 4. The Morgan fingerprint density at radius 1 is 0.438 bits per heavy atom. The second-order valence-corrected chi connectivity index (χ2v) is 11.8. The number of hydrogen-bond donors (Lipinski definition) is 2. The number of fused-ring (bicyclic) bond motifs is 2. The first-order chi connectivity index (χ1) is 23.7. The maximum atomic E-state index is 8.17. The van der Waals surface area contributed by atoms with Crippen LogP contribution in [-0.4, -0.2) is 11.4 Å². The predicted molar refractivity (Wildman–Crippen MR) is 204 cm³/mol. The van der Waals surface area contributed by atoms with Gasteiger partial charge in [-0.2, -0.15) is 5.10 Å². The molecule has 0 aliphatic heterocycles. The van der Waals surface area contributed by atoms with E-state index in [-0.39, 0.29) is 0 Å². The predicted octanol–water partition coefficient (Wildman–Crippen LogP) is 11.7. The third-order valence-electron chi connectivity index (χ3n) is 8.73. The van der Waals surface area contributed by atoms with Crippen LogP contribution in [-0.2, 0) is 0 Å². The Kier molecular flexibility index (Phi) is 7.65. The van der Waals surface area contributed by atoms with Gasteiger partial charge in [-0.3, -0.25) is 10.8 Å². The van der Waals surface area contributed by atoms with Crippen LogP contribution >= 0.6 is 0 Å². The molecule has 0 saturated carbocycles. The van der Waals surface area contributed by atoms with Crippen LogP contribution in [0, 0.1) is 5.41 Å². The largest absolute Gasteiger partial charge is 0.310 e. The molecule has 4 heteroatoms. The second kappa shape index (κ2) is 12.7. The van der Waals surface area contributed by atoms with Crippen molar-refractivity contribution in [2.75, 3.05) is 10.3 Å². The first-order valence-corrected chi connectivity index (χ1v) is 16.0. The summed E-state index contributed by atoms with van der Waals surface area (Å²) in [6.07, 6.45) is 7.30. The molecule has 0 amide bonds. The van der Waals surface area contributed by atoms with Crippen LogP contribution < -0.4 is 10.3 Å². The van der Waals surface area contributed by atoms with Gasteiger partial charge in [-0.15, -0.1) is 0 Å². The van der Waals surface area contributed by atoms with Crippen molar-refractivity contribution in [3.63, 3.8) is 0 Å². The van der Waals surface area contributed by atoms with Gasteiger partial charge in [0.1, 0.15) is 5.71 Å². The molecule has 0 heterocycles. The Labute approximate surface area is 280 Å². The van der Waals surface area contributed by atoms with Crippen molar-refractivity contribution in [1.29, 1.82) is 5.41 Å². The number of nitrogens with one attached hydrogen (secondary N) is 2. The third-order valence-corrected chi connectivity index (χ3v) is 8.73. The summed E-state index contributed by atoms with van der Waals surface area (Å²) in [5, 5.41) is 17.6. The Balaban J connectivity index is 1.15. The van der Waals surface area contributed by atoms with E-state index >= 15 is 0 Å². The Hall–Kier alpha value is -6.52. The molecular weight excluding hydrogens is 585 g/mol. The molecule has 8 rings (SSSR count). The fraction of sp³-hybridized carbons (Fsp3) is 0. The van der Waals surface area contributed by atoms with E-state index in [9.17, 15) is 0 Å². The number of rotatable bonds is 7. The molecule has 0 radical (unpaired) electrons. The average Bonchev–Trinajstić information content (AvgIpc) is 3.15. The van der Waals surface area contributed by atoms with Gasteiger partial charge in [-0.25, -0.2) is 0 Å². The van der Waals surface area contributed by atoms with Crippen molar-refractivity contribution in [3.05, 3.63) is 182 Å². The minimum absolute atomic E-state index is 0.376. The van der Waals surface area contributed by atoms with Gasteiger partial charge in [0.15, 0.2) is 0 Å². The molecule has 2 N–H and O–H groups in total. The van der Waals surface area contributed by atoms with E-state index in [1.165, 1.54) is 43.8 Å². The summed E-state index contributed by atoms with van der Waals surface area (Å²) in [6, 6.07) is 55.9. The summed E-state index contributed by atoms with van der Waals surface area (Å²) >= 11 is 0. The maximum Gasteiger partial charge on any atom is 0.108 e. The molecule has 7 aromatic carbocycles. The number of nitrogens with zero attached hydrogens (tertiary/aromatic N) is 2. The van der Waals surface area contributed by atoms with Crippen molar-refractivity contribution in [2.45, 2.75) is 0 Å². The second-order valence-electron chi connectivity index (χ2n) is 11.8. The standard InChI is InChI=1S/C44H32N4/c45-43-14-5-6-15-44(43)47-46-39-12-7-13-42(30-39)48(40-24-20-33(21-25-40)37-18-16-31-8-1-3-10-35(31)28-37)41-26-22-34(23-27-41)38-19-17-32-9-2-4-11-36(32)29-38/h1-30,45-46H/b45-43?,47-44-. The molecule has 7 aromatic rings. The van der Waals surface area contributed by atoms with Crippen molar-refractivity contribution in [3.8, 4) is 22.3 Å². The number of allylic oxidation sites excluding steroid dienone is 4. The summed E-state index contributed by atoms with van der Waals surface area (Å²) in [4.78, 5) is 2.26. The Bertz CT molecular complexity index is 2260. The molecule has 0 spiro atoms. The summed E-state index contributed by atoms with van der Waals surface area (Å²) < 4.78 is 0. The van der Waals surface area contributed by atoms with Gasteiger partial charge in [0.05, 0.1) is 11.4 Å². The lowest BCUT2D eigenvalue weighted by Crippen LogP contribution is -2.12. The van der Waals surface area contributed by atoms with E-state index in [0.717, 1.165) is 22.7 Å². The minimum Gasteiger partial charge on any atom is -0.310 e. The highest BCUT2D eigenvalue weighted by atomic mass is 15.3. The van der Waals surface area contributed by atoms with Crippen LogP contribution in [0.3, 0.4) is 0 Å². The van der Waals surface area contributed by atoms with E-state index in [1.807, 2.05) is 30.4 Å². The highest BCUT2D eigenvalue weighted by Crippen LogP contribution is 2.38. The van der Waals surface area contributed by atoms with Gasteiger partial charge in [-0.1, -0.05) is 115 Å². The Morgan fingerprint density at radius 3 is 1.52 bits per heavy atom. The number of benzene rings is 7. The molecule has 0 fully saturated rings. The highest BCUT2D eigenvalue weighted by molar-refractivity contribution is 6.50. The minimum atomic E-state index is 0.376. The zero-order valence-electron chi connectivity index (χ0n) is 26.2. The molecule has 0 saturated heterocycles. The summed E-state index contributed by atoms with van der Waals surface area (Å²) in [5.74, 6) is 0. The molecule has 0 unspecified atom stereocenters. The van der Waals surface area contributed by atoms with Gasteiger partial charge in [0.25, 0.3) is 0 Å². The first-order valence-electron chi connectivity index (χ1n) is 16.0. The Morgan fingerprint density at radius 2 is 0.958 bits per heavy atom. The van der Waals surface area contributed by atoms with Crippen molar-refractivity contribution < 1.29 is 0 Å².